The molecule has 2 nitrogen and oxygen atoms in total. The fraction of sp³-hybridized carbons (Fsp3) is 0.889. The highest BCUT2D eigenvalue weighted by atomic mass is 28.2. The highest BCUT2D eigenvalue weighted by molar-refractivity contribution is 6.74. The molecule has 0 saturated carbocycles. The second-order valence-electron chi connectivity index (χ2n) is 3.48. The molecular weight excluding hydrogens is 168 g/mol. The summed E-state index contributed by atoms with van der Waals surface area (Å²) in [5.74, 6) is 0. The van der Waals surface area contributed by atoms with Gasteiger partial charge in [-0.25, -0.2) is 0 Å². The van der Waals surface area contributed by atoms with E-state index >= 15 is 0 Å². The quantitative estimate of drug-likeness (QED) is 0.613. The maximum Gasteiger partial charge on any atom is 0.134 e. The molecule has 70 valence electrons. The minimum Gasteiger partial charge on any atom is -0.382 e. The maximum atomic E-state index is 11.3. The molecule has 0 aliphatic carbocycles. The Morgan fingerprint density at radius 2 is 2.42 bits per heavy atom. The molecule has 12 heavy (non-hydrogen) atoms. The van der Waals surface area contributed by atoms with E-state index in [1.54, 1.807) is 0 Å². The zero-order valence-corrected chi connectivity index (χ0v) is 9.26. The molecule has 1 rings (SSSR count). The van der Waals surface area contributed by atoms with E-state index in [-0.39, 0.29) is 0 Å². The second kappa shape index (κ2) is 5.49. The van der Waals surface area contributed by atoms with Crippen LogP contribution in [0.2, 0.25) is 0 Å². The average Bonchev–Trinajstić information content (AvgIpc) is 2.06. The molecule has 0 aromatic rings. The molecule has 1 saturated heterocycles. The first-order valence-electron chi connectivity index (χ1n) is 4.96. The Kier molecular flexibility index (Phi) is 4.54. The van der Waals surface area contributed by atoms with Crippen molar-refractivity contribution in [3.05, 3.63) is 0 Å². The van der Waals surface area contributed by atoms with E-state index in [0.717, 1.165) is 25.9 Å². The number of rotatable bonds is 4. The Labute approximate surface area is 76.5 Å². The predicted molar refractivity (Wildman–Crippen MR) is 52.1 cm³/mol. The van der Waals surface area contributed by atoms with Crippen LogP contribution in [0.4, 0.5) is 0 Å². The Hall–Kier alpha value is -0.153. The van der Waals surface area contributed by atoms with Gasteiger partial charge >= 0.3 is 0 Å². The lowest BCUT2D eigenvalue weighted by atomic mass is 10.2. The molecule has 0 spiro atoms. The van der Waals surface area contributed by atoms with Crippen LogP contribution in [-0.2, 0) is 9.53 Å². The summed E-state index contributed by atoms with van der Waals surface area (Å²) < 4.78 is 5.54. The highest BCUT2D eigenvalue weighted by Crippen LogP contribution is 2.11. The van der Waals surface area contributed by atoms with Gasteiger partial charge in [0.25, 0.3) is 0 Å². The number of hydrogen-bond donors (Lipinski definition) is 0. The Morgan fingerprint density at radius 3 is 3.00 bits per heavy atom. The van der Waals surface area contributed by atoms with E-state index in [1.165, 1.54) is 12.8 Å². The summed E-state index contributed by atoms with van der Waals surface area (Å²) in [4.78, 5) is 11.3. The van der Waals surface area contributed by atoms with Gasteiger partial charge in [-0.05, 0) is 25.7 Å². The molecule has 0 aromatic carbocycles. The van der Waals surface area contributed by atoms with Crippen molar-refractivity contribution in [2.24, 2.45) is 0 Å². The number of hydrogen-bond acceptors (Lipinski definition) is 2. The second-order valence-corrected chi connectivity index (χ2v) is 5.59. The van der Waals surface area contributed by atoms with Gasteiger partial charge in [-0.3, -0.25) is 0 Å². The van der Waals surface area contributed by atoms with Gasteiger partial charge in [-0.2, -0.15) is 0 Å². The summed E-state index contributed by atoms with van der Waals surface area (Å²) in [6.45, 7) is 2.95. The summed E-state index contributed by atoms with van der Waals surface area (Å²) >= 11 is 0. The zero-order chi connectivity index (χ0) is 8.81. The van der Waals surface area contributed by atoms with Gasteiger partial charge in [0.15, 0.2) is 0 Å². The Bertz CT molecular complexity index is 141. The fourth-order valence-corrected chi connectivity index (χ4v) is 3.45. The van der Waals surface area contributed by atoms with Crippen molar-refractivity contribution in [2.75, 3.05) is 6.61 Å². The smallest absolute Gasteiger partial charge is 0.134 e. The molecule has 3 heteroatoms. The molecule has 0 radical (unpaired) electrons. The predicted octanol–water partition coefficient (Wildman–Crippen LogP) is 1.01. The molecule has 0 bridgehead atoms. The molecule has 1 heterocycles. The van der Waals surface area contributed by atoms with E-state index in [4.69, 9.17) is 4.74 Å². The Balaban J connectivity index is 2.15. The minimum absolute atomic E-state index is 0.373. The number of carbonyl (C=O) groups excluding carboxylic acids is 1. The maximum absolute atomic E-state index is 11.3. The van der Waals surface area contributed by atoms with Crippen LogP contribution in [0.1, 0.15) is 39.0 Å². The first-order chi connectivity index (χ1) is 5.83. The first kappa shape index (κ1) is 9.93. The monoisotopic (exact) mass is 186 g/mol. The molecule has 1 unspecified atom stereocenters. The molecule has 1 aliphatic rings. The van der Waals surface area contributed by atoms with Gasteiger partial charge in [-0.1, -0.05) is 6.92 Å². The van der Waals surface area contributed by atoms with Gasteiger partial charge in [0.2, 0.25) is 0 Å². The molecule has 1 atom stereocenters. The van der Waals surface area contributed by atoms with Crippen LogP contribution in [0.5, 0.6) is 0 Å². The summed E-state index contributed by atoms with van der Waals surface area (Å²) in [6.07, 6.45) is 5.37. The topological polar surface area (TPSA) is 26.3 Å². The molecule has 1 aliphatic heterocycles. The normalized spacial score (nSPS) is 24.9. The van der Waals surface area contributed by atoms with Crippen molar-refractivity contribution in [1.29, 1.82) is 0 Å². The first-order valence-corrected chi connectivity index (χ1v) is 6.48. The third-order valence-electron chi connectivity index (χ3n) is 2.26. The van der Waals surface area contributed by atoms with E-state index < -0.39 is 9.52 Å². The van der Waals surface area contributed by atoms with Crippen LogP contribution < -0.4 is 0 Å². The van der Waals surface area contributed by atoms with Crippen LogP contribution in [-0.4, -0.2) is 27.3 Å². The van der Waals surface area contributed by atoms with E-state index in [2.05, 4.69) is 6.92 Å². The molecule has 0 aromatic heterocycles. The zero-order valence-electron chi connectivity index (χ0n) is 7.84. The number of carbonyl (C=O) groups is 1. The highest BCUT2D eigenvalue weighted by Gasteiger charge is 2.17. The van der Waals surface area contributed by atoms with Crippen LogP contribution in [0.15, 0.2) is 0 Å². The third kappa shape index (κ3) is 3.50. The average molecular weight is 186 g/mol. The van der Waals surface area contributed by atoms with Crippen LogP contribution >= 0.6 is 0 Å². The summed E-state index contributed by atoms with van der Waals surface area (Å²) in [7, 11) is -0.582. The van der Waals surface area contributed by atoms with Gasteiger partial charge in [-0.15, -0.1) is 0 Å². The fourth-order valence-electron chi connectivity index (χ4n) is 1.60. The Morgan fingerprint density at radius 1 is 1.58 bits per heavy atom. The molecular formula is C9H18O2Si. The lowest BCUT2D eigenvalue weighted by molar-refractivity contribution is -0.112. The van der Waals surface area contributed by atoms with E-state index in [1.807, 2.05) is 0 Å². The molecule has 0 N–H and O–H groups in total. The molecule has 0 amide bonds. The van der Waals surface area contributed by atoms with Crippen molar-refractivity contribution in [3.63, 3.8) is 0 Å². The van der Waals surface area contributed by atoms with Crippen molar-refractivity contribution in [2.45, 2.75) is 44.8 Å². The number of ether oxygens (including phenoxy) is 1. The van der Waals surface area contributed by atoms with Crippen molar-refractivity contribution in [1.82, 2.24) is 0 Å². The minimum atomic E-state index is -0.582. The van der Waals surface area contributed by atoms with E-state index in [9.17, 15) is 4.79 Å². The van der Waals surface area contributed by atoms with Crippen molar-refractivity contribution >= 4 is 14.9 Å². The van der Waals surface area contributed by atoms with Gasteiger partial charge in [0.1, 0.15) is 14.9 Å². The van der Waals surface area contributed by atoms with Crippen LogP contribution in [0, 0.1) is 0 Å². The van der Waals surface area contributed by atoms with Crippen molar-refractivity contribution in [3.8, 4) is 0 Å². The summed E-state index contributed by atoms with van der Waals surface area (Å²) in [5, 5.41) is 0.504. The summed E-state index contributed by atoms with van der Waals surface area (Å²) in [6, 6.07) is 0. The van der Waals surface area contributed by atoms with Crippen molar-refractivity contribution < 1.29 is 9.53 Å². The standard InChI is InChI=1S/C9H18O2Si/c1-2-5-8(10)12-9-6-3-4-7-11-9/h9H,2-7,12H2,1H3. The van der Waals surface area contributed by atoms with Crippen LogP contribution in [0.3, 0.4) is 0 Å². The lowest BCUT2D eigenvalue weighted by Gasteiger charge is -2.21. The summed E-state index contributed by atoms with van der Waals surface area (Å²) in [5.41, 5.74) is 0.373. The van der Waals surface area contributed by atoms with Gasteiger partial charge in [0.05, 0.1) is 5.73 Å². The largest absolute Gasteiger partial charge is 0.382 e. The third-order valence-corrected chi connectivity index (χ3v) is 4.17. The van der Waals surface area contributed by atoms with Gasteiger partial charge in [0, 0.05) is 13.0 Å². The SMILES string of the molecule is CCCC(=O)[SiH2]C1CCCCO1. The lowest BCUT2D eigenvalue weighted by Crippen LogP contribution is -2.30. The molecule has 1 fully saturated rings. The van der Waals surface area contributed by atoms with Gasteiger partial charge < -0.3 is 9.53 Å². The van der Waals surface area contributed by atoms with E-state index in [0.29, 0.717) is 11.1 Å². The van der Waals surface area contributed by atoms with Crippen LogP contribution in [0.25, 0.3) is 0 Å².